The molecule has 0 radical (unpaired) electrons. The van der Waals surface area contributed by atoms with Gasteiger partial charge in [0.1, 0.15) is 6.26 Å². The van der Waals surface area contributed by atoms with Crippen LogP contribution < -0.4 is 5.32 Å². The Bertz CT molecular complexity index is 912. The number of benzene rings is 1. The fourth-order valence-corrected chi connectivity index (χ4v) is 6.37. The van der Waals surface area contributed by atoms with Crippen molar-refractivity contribution in [1.82, 2.24) is 9.80 Å². The van der Waals surface area contributed by atoms with Gasteiger partial charge in [-0.1, -0.05) is 18.2 Å². The van der Waals surface area contributed by atoms with Gasteiger partial charge >= 0.3 is 0 Å². The molecule has 0 spiro atoms. The molecule has 170 valence electrons. The SMILES string of the molecule is O=C(CCC[C@@H]1[C@H]2CCCN3CCC[C@@H](CN1C(=O)c1ccoc1)[C@@H]23)Nc1ccccc1. The van der Waals surface area contributed by atoms with Crippen LogP contribution in [0.5, 0.6) is 0 Å². The highest BCUT2D eigenvalue weighted by atomic mass is 16.3. The molecular formula is C26H33N3O3. The van der Waals surface area contributed by atoms with E-state index < -0.39 is 0 Å². The molecule has 3 aliphatic rings. The first-order valence-corrected chi connectivity index (χ1v) is 12.1. The van der Waals surface area contributed by atoms with Crippen molar-refractivity contribution < 1.29 is 14.0 Å². The van der Waals surface area contributed by atoms with E-state index >= 15 is 0 Å². The maximum Gasteiger partial charge on any atom is 0.257 e. The van der Waals surface area contributed by atoms with Gasteiger partial charge in [-0.25, -0.2) is 0 Å². The summed E-state index contributed by atoms with van der Waals surface area (Å²) in [5.74, 6) is 1.18. The summed E-state index contributed by atoms with van der Waals surface area (Å²) in [7, 11) is 0. The summed E-state index contributed by atoms with van der Waals surface area (Å²) in [6.45, 7) is 3.21. The summed E-state index contributed by atoms with van der Waals surface area (Å²) in [6, 6.07) is 12.1. The van der Waals surface area contributed by atoms with Crippen LogP contribution in [0.2, 0.25) is 0 Å². The Balaban J connectivity index is 1.29. The third kappa shape index (κ3) is 4.33. The zero-order valence-electron chi connectivity index (χ0n) is 18.6. The Kier molecular flexibility index (Phi) is 6.30. The highest BCUT2D eigenvalue weighted by Gasteiger charge is 2.49. The molecule has 2 aromatic rings. The van der Waals surface area contributed by atoms with Crippen LogP contribution in [0.1, 0.15) is 55.3 Å². The van der Waals surface area contributed by atoms with Crippen LogP contribution in [0.4, 0.5) is 5.69 Å². The van der Waals surface area contributed by atoms with Gasteiger partial charge in [-0.2, -0.15) is 0 Å². The molecule has 6 nitrogen and oxygen atoms in total. The second-order valence-electron chi connectivity index (χ2n) is 9.58. The number of furan rings is 1. The second-order valence-corrected chi connectivity index (χ2v) is 9.58. The van der Waals surface area contributed by atoms with Gasteiger partial charge in [0.15, 0.2) is 0 Å². The van der Waals surface area contributed by atoms with E-state index in [2.05, 4.69) is 15.1 Å². The quantitative estimate of drug-likeness (QED) is 0.730. The maximum absolute atomic E-state index is 13.4. The summed E-state index contributed by atoms with van der Waals surface area (Å²) in [4.78, 5) is 30.7. The standard InChI is InChI=1S/C26H33N3O3/c30-24(27-21-8-2-1-3-9-21)12-4-11-23-22-10-6-15-28-14-5-7-19(25(22)28)17-29(23)26(31)20-13-16-32-18-20/h1-3,8-9,13,16,18-19,22-23,25H,4-7,10-12,14-15,17H2,(H,27,30)/t19-,22+,23+,25-/m0/s1. The van der Waals surface area contributed by atoms with Gasteiger partial charge in [0.05, 0.1) is 11.8 Å². The molecule has 0 aliphatic carbocycles. The first-order valence-electron chi connectivity index (χ1n) is 12.1. The minimum atomic E-state index is 0.0422. The van der Waals surface area contributed by atoms with Crippen LogP contribution in [0, 0.1) is 11.8 Å². The lowest BCUT2D eigenvalue weighted by Crippen LogP contribution is -2.65. The number of piperidine rings is 3. The van der Waals surface area contributed by atoms with Crippen LogP contribution in [0.3, 0.4) is 0 Å². The second kappa shape index (κ2) is 9.49. The Morgan fingerprint density at radius 2 is 1.88 bits per heavy atom. The van der Waals surface area contributed by atoms with Gasteiger partial charge in [-0.15, -0.1) is 0 Å². The van der Waals surface area contributed by atoms with Gasteiger partial charge in [0.2, 0.25) is 5.91 Å². The number of hydrogen-bond donors (Lipinski definition) is 1. The summed E-state index contributed by atoms with van der Waals surface area (Å²) in [6.07, 6.45) is 10.1. The zero-order chi connectivity index (χ0) is 21.9. The van der Waals surface area contributed by atoms with Crippen molar-refractivity contribution in [3.05, 3.63) is 54.5 Å². The number of likely N-dealkylation sites (tertiary alicyclic amines) is 1. The highest BCUT2D eigenvalue weighted by molar-refractivity contribution is 5.94. The molecular weight excluding hydrogens is 402 g/mol. The van der Waals surface area contributed by atoms with Crippen molar-refractivity contribution >= 4 is 17.5 Å². The maximum atomic E-state index is 13.4. The molecule has 1 N–H and O–H groups in total. The Morgan fingerprint density at radius 3 is 2.66 bits per heavy atom. The molecule has 4 atom stereocenters. The number of amides is 2. The third-order valence-corrected chi connectivity index (χ3v) is 7.66. The van der Waals surface area contributed by atoms with E-state index in [-0.39, 0.29) is 17.9 Å². The van der Waals surface area contributed by atoms with Crippen molar-refractivity contribution in [2.45, 2.75) is 57.0 Å². The monoisotopic (exact) mass is 435 g/mol. The number of hydrogen-bond acceptors (Lipinski definition) is 4. The normalized spacial score (nSPS) is 27.6. The highest BCUT2D eigenvalue weighted by Crippen LogP contribution is 2.43. The average Bonchev–Trinajstić information content (AvgIpc) is 3.36. The number of carbonyl (C=O) groups is 2. The van der Waals surface area contributed by atoms with Crippen molar-refractivity contribution in [2.75, 3.05) is 25.0 Å². The molecule has 4 heterocycles. The van der Waals surface area contributed by atoms with E-state index in [9.17, 15) is 9.59 Å². The number of rotatable bonds is 6. The minimum Gasteiger partial charge on any atom is -0.472 e. The molecule has 5 rings (SSSR count). The number of nitrogens with zero attached hydrogens (tertiary/aromatic N) is 2. The molecule has 0 bridgehead atoms. The van der Waals surface area contributed by atoms with Gasteiger partial charge in [0.25, 0.3) is 5.91 Å². The van der Waals surface area contributed by atoms with Gasteiger partial charge < -0.3 is 14.6 Å². The average molecular weight is 436 g/mol. The molecule has 3 saturated heterocycles. The topological polar surface area (TPSA) is 65.8 Å². The van der Waals surface area contributed by atoms with E-state index in [1.54, 1.807) is 18.6 Å². The van der Waals surface area contributed by atoms with E-state index in [0.29, 0.717) is 29.9 Å². The predicted molar refractivity (Wildman–Crippen MR) is 123 cm³/mol. The van der Waals surface area contributed by atoms with E-state index in [1.807, 2.05) is 30.3 Å². The molecule has 3 aliphatic heterocycles. The molecule has 6 heteroatoms. The first kappa shape index (κ1) is 21.3. The molecule has 32 heavy (non-hydrogen) atoms. The summed E-state index contributed by atoms with van der Waals surface area (Å²) in [5.41, 5.74) is 1.47. The van der Waals surface area contributed by atoms with Crippen molar-refractivity contribution in [3.8, 4) is 0 Å². The minimum absolute atomic E-state index is 0.0422. The van der Waals surface area contributed by atoms with Crippen LogP contribution in [-0.2, 0) is 4.79 Å². The Hall–Kier alpha value is -2.60. The molecule has 0 unspecified atom stereocenters. The van der Waals surface area contributed by atoms with Crippen LogP contribution in [0.15, 0.2) is 53.3 Å². The lowest BCUT2D eigenvalue weighted by atomic mass is 9.69. The van der Waals surface area contributed by atoms with E-state index in [1.165, 1.54) is 38.8 Å². The first-order chi connectivity index (χ1) is 15.7. The van der Waals surface area contributed by atoms with Crippen molar-refractivity contribution in [3.63, 3.8) is 0 Å². The third-order valence-electron chi connectivity index (χ3n) is 7.66. The van der Waals surface area contributed by atoms with Crippen molar-refractivity contribution in [1.29, 1.82) is 0 Å². The number of nitrogens with one attached hydrogen (secondary N) is 1. The van der Waals surface area contributed by atoms with Crippen LogP contribution in [0.25, 0.3) is 0 Å². The summed E-state index contributed by atoms with van der Waals surface area (Å²) >= 11 is 0. The smallest absolute Gasteiger partial charge is 0.257 e. The molecule has 2 amide bonds. The van der Waals surface area contributed by atoms with Crippen molar-refractivity contribution in [2.24, 2.45) is 11.8 Å². The fourth-order valence-electron chi connectivity index (χ4n) is 6.37. The number of carbonyl (C=O) groups excluding carboxylic acids is 2. The Morgan fingerprint density at radius 1 is 1.06 bits per heavy atom. The van der Waals surface area contributed by atoms with Crippen LogP contribution in [-0.4, -0.2) is 53.3 Å². The fraction of sp³-hybridized carbons (Fsp3) is 0.538. The van der Waals surface area contributed by atoms with E-state index in [0.717, 1.165) is 25.1 Å². The predicted octanol–water partition coefficient (Wildman–Crippen LogP) is 4.40. The summed E-state index contributed by atoms with van der Waals surface area (Å²) < 4.78 is 5.21. The number of para-hydroxylation sites is 1. The van der Waals surface area contributed by atoms with Gasteiger partial charge in [0, 0.05) is 30.7 Å². The van der Waals surface area contributed by atoms with Gasteiger partial charge in [-0.05, 0) is 81.6 Å². The summed E-state index contributed by atoms with van der Waals surface area (Å²) in [5, 5.41) is 2.98. The lowest BCUT2D eigenvalue weighted by molar-refractivity contribution is -0.116. The molecule has 3 fully saturated rings. The Labute approximate surface area is 189 Å². The molecule has 0 saturated carbocycles. The molecule has 1 aromatic heterocycles. The largest absolute Gasteiger partial charge is 0.472 e. The van der Waals surface area contributed by atoms with E-state index in [4.69, 9.17) is 4.42 Å². The van der Waals surface area contributed by atoms with Crippen LogP contribution >= 0.6 is 0 Å². The zero-order valence-corrected chi connectivity index (χ0v) is 18.6. The van der Waals surface area contributed by atoms with Gasteiger partial charge in [-0.3, -0.25) is 14.5 Å². The number of anilines is 1. The molecule has 1 aromatic carbocycles. The lowest BCUT2D eigenvalue weighted by Gasteiger charge is -2.57.